The number of aromatic nitrogens is 2. The number of furan rings is 1. The molecule has 0 spiro atoms. The van der Waals surface area contributed by atoms with E-state index in [0.29, 0.717) is 5.13 Å². The Morgan fingerprint density at radius 1 is 1.39 bits per heavy atom. The molecule has 7 nitrogen and oxygen atoms in total. The van der Waals surface area contributed by atoms with Gasteiger partial charge in [-0.1, -0.05) is 6.08 Å². The zero-order valence-corrected chi connectivity index (χ0v) is 16.6. The first-order valence-corrected chi connectivity index (χ1v) is 9.72. The maximum Gasteiger partial charge on any atom is 0.286 e. The van der Waals surface area contributed by atoms with Crippen molar-refractivity contribution in [2.75, 3.05) is 11.9 Å². The Morgan fingerprint density at radius 3 is 2.93 bits per heavy atom. The molecule has 3 heterocycles. The van der Waals surface area contributed by atoms with Crippen LogP contribution in [0.5, 0.6) is 0 Å². The average molecular weight is 398 g/mol. The molecule has 3 rings (SSSR count). The van der Waals surface area contributed by atoms with E-state index in [1.165, 1.54) is 17.6 Å². The van der Waals surface area contributed by atoms with Crippen molar-refractivity contribution < 1.29 is 14.0 Å². The average Bonchev–Trinajstić information content (AvgIpc) is 3.39. The monoisotopic (exact) mass is 398 g/mol. The standard InChI is InChI=1S/C20H22N4O3S/c1-4-9-24-13(2)11-15(14(24)3)16-12-28-20(22-16)23-18(25)7-8-21-19(26)17-6-5-10-27-17/h4-6,10-12H,1,7-9H2,2-3H3,(H,21,26)(H,22,23,25). The number of hydrogen-bond donors (Lipinski definition) is 2. The molecule has 28 heavy (non-hydrogen) atoms. The predicted octanol–water partition coefficient (Wildman–Crippen LogP) is 3.77. The van der Waals surface area contributed by atoms with Crippen molar-refractivity contribution in [1.29, 1.82) is 0 Å². The molecule has 3 aromatic heterocycles. The topological polar surface area (TPSA) is 89.2 Å². The SMILES string of the molecule is C=CCn1c(C)cc(-c2csc(NC(=O)CCNC(=O)c3ccco3)n2)c1C. The van der Waals surface area contributed by atoms with Gasteiger partial charge in [0.2, 0.25) is 5.91 Å². The molecule has 0 saturated heterocycles. The van der Waals surface area contributed by atoms with Gasteiger partial charge in [0.15, 0.2) is 10.9 Å². The highest BCUT2D eigenvalue weighted by molar-refractivity contribution is 7.14. The van der Waals surface area contributed by atoms with Crippen LogP contribution in [0.2, 0.25) is 0 Å². The first kappa shape index (κ1) is 19.6. The number of rotatable bonds is 8. The molecule has 0 fully saturated rings. The first-order valence-electron chi connectivity index (χ1n) is 8.84. The molecule has 0 saturated carbocycles. The lowest BCUT2D eigenvalue weighted by molar-refractivity contribution is -0.116. The van der Waals surface area contributed by atoms with E-state index in [-0.39, 0.29) is 30.5 Å². The van der Waals surface area contributed by atoms with Crippen molar-refractivity contribution in [2.24, 2.45) is 0 Å². The fraction of sp³-hybridized carbons (Fsp3) is 0.250. The van der Waals surface area contributed by atoms with E-state index >= 15 is 0 Å². The zero-order chi connectivity index (χ0) is 20.1. The molecule has 2 N–H and O–H groups in total. The summed E-state index contributed by atoms with van der Waals surface area (Å²) in [5, 5.41) is 7.88. The number of nitrogens with one attached hydrogen (secondary N) is 2. The van der Waals surface area contributed by atoms with Gasteiger partial charge in [-0.05, 0) is 32.0 Å². The molecule has 0 bridgehead atoms. The van der Waals surface area contributed by atoms with Gasteiger partial charge in [0.25, 0.3) is 5.91 Å². The number of carbonyl (C=O) groups is 2. The van der Waals surface area contributed by atoms with Crippen molar-refractivity contribution in [3.63, 3.8) is 0 Å². The normalized spacial score (nSPS) is 10.6. The Kier molecular flexibility index (Phi) is 6.10. The van der Waals surface area contributed by atoms with Crippen LogP contribution in [-0.4, -0.2) is 27.9 Å². The van der Waals surface area contributed by atoms with Gasteiger partial charge in [-0.2, -0.15) is 0 Å². The van der Waals surface area contributed by atoms with Crippen molar-refractivity contribution in [3.05, 3.63) is 59.6 Å². The Labute approximate surface area is 167 Å². The fourth-order valence-electron chi connectivity index (χ4n) is 2.89. The van der Waals surface area contributed by atoms with Gasteiger partial charge in [-0.15, -0.1) is 17.9 Å². The third kappa shape index (κ3) is 4.40. The summed E-state index contributed by atoms with van der Waals surface area (Å²) in [6.45, 7) is 8.85. The molecule has 0 radical (unpaired) electrons. The Hall–Kier alpha value is -3.13. The zero-order valence-electron chi connectivity index (χ0n) is 15.8. The van der Waals surface area contributed by atoms with Crippen LogP contribution in [0.4, 0.5) is 5.13 Å². The number of anilines is 1. The number of thiazole rings is 1. The second-order valence-corrected chi connectivity index (χ2v) is 7.11. The number of aryl methyl sites for hydroxylation is 1. The quantitative estimate of drug-likeness (QED) is 0.565. The van der Waals surface area contributed by atoms with Crippen LogP contribution in [0.3, 0.4) is 0 Å². The van der Waals surface area contributed by atoms with Crippen LogP contribution in [-0.2, 0) is 11.3 Å². The lowest BCUT2D eigenvalue weighted by Gasteiger charge is -2.05. The van der Waals surface area contributed by atoms with Crippen LogP contribution in [0.25, 0.3) is 11.3 Å². The minimum Gasteiger partial charge on any atom is -0.459 e. The molecule has 0 aliphatic carbocycles. The van der Waals surface area contributed by atoms with Crippen molar-refractivity contribution >= 4 is 28.3 Å². The first-order chi connectivity index (χ1) is 13.5. The van der Waals surface area contributed by atoms with E-state index in [2.05, 4.69) is 32.8 Å². The third-order valence-corrected chi connectivity index (χ3v) is 5.05. The minimum absolute atomic E-state index is 0.148. The largest absolute Gasteiger partial charge is 0.459 e. The summed E-state index contributed by atoms with van der Waals surface area (Å²) >= 11 is 1.37. The van der Waals surface area contributed by atoms with Gasteiger partial charge in [0.05, 0.1) is 12.0 Å². The lowest BCUT2D eigenvalue weighted by Crippen LogP contribution is -2.27. The summed E-state index contributed by atoms with van der Waals surface area (Å²) in [6, 6.07) is 5.29. The van der Waals surface area contributed by atoms with Crippen molar-refractivity contribution in [3.8, 4) is 11.3 Å². The summed E-state index contributed by atoms with van der Waals surface area (Å²) in [4.78, 5) is 28.4. The Bertz CT molecular complexity index is 985. The van der Waals surface area contributed by atoms with E-state index in [1.54, 1.807) is 12.1 Å². The smallest absolute Gasteiger partial charge is 0.286 e. The summed E-state index contributed by atoms with van der Waals surface area (Å²) in [6.07, 6.45) is 3.44. The lowest BCUT2D eigenvalue weighted by atomic mass is 10.2. The van der Waals surface area contributed by atoms with Gasteiger partial charge in [0, 0.05) is 41.8 Å². The van der Waals surface area contributed by atoms with Crippen LogP contribution in [0.1, 0.15) is 28.4 Å². The molecule has 8 heteroatoms. The molecule has 146 valence electrons. The summed E-state index contributed by atoms with van der Waals surface area (Å²) in [5.41, 5.74) is 4.12. The van der Waals surface area contributed by atoms with Crippen LogP contribution in [0.15, 0.2) is 46.9 Å². The number of nitrogens with zero attached hydrogens (tertiary/aromatic N) is 2. The minimum atomic E-state index is -0.343. The van der Waals surface area contributed by atoms with Gasteiger partial charge < -0.3 is 19.6 Å². The molecule has 3 aromatic rings. The Balaban J connectivity index is 1.56. The predicted molar refractivity (Wildman–Crippen MR) is 109 cm³/mol. The van der Waals surface area contributed by atoms with Gasteiger partial charge >= 0.3 is 0 Å². The number of allylic oxidation sites excluding steroid dienone is 1. The number of amides is 2. The third-order valence-electron chi connectivity index (χ3n) is 4.29. The van der Waals surface area contributed by atoms with Crippen molar-refractivity contribution in [2.45, 2.75) is 26.8 Å². The molecular formula is C20H22N4O3S. The van der Waals surface area contributed by atoms with Crippen LogP contribution in [0, 0.1) is 13.8 Å². The molecule has 0 aliphatic heterocycles. The molecule has 0 aliphatic rings. The highest BCUT2D eigenvalue weighted by atomic mass is 32.1. The van der Waals surface area contributed by atoms with Gasteiger partial charge in [-0.25, -0.2) is 4.98 Å². The van der Waals surface area contributed by atoms with E-state index < -0.39 is 0 Å². The highest BCUT2D eigenvalue weighted by Gasteiger charge is 2.14. The molecule has 0 atom stereocenters. The summed E-state index contributed by atoms with van der Waals surface area (Å²) in [7, 11) is 0. The Morgan fingerprint density at radius 2 is 2.21 bits per heavy atom. The van der Waals surface area contributed by atoms with Crippen LogP contribution < -0.4 is 10.6 Å². The van der Waals surface area contributed by atoms with Gasteiger partial charge in [-0.3, -0.25) is 9.59 Å². The maximum atomic E-state index is 12.1. The van der Waals surface area contributed by atoms with Crippen molar-refractivity contribution in [1.82, 2.24) is 14.9 Å². The van der Waals surface area contributed by atoms with E-state index in [9.17, 15) is 9.59 Å². The number of carbonyl (C=O) groups excluding carboxylic acids is 2. The second-order valence-electron chi connectivity index (χ2n) is 6.25. The molecular weight excluding hydrogens is 376 g/mol. The number of hydrogen-bond acceptors (Lipinski definition) is 5. The van der Waals surface area contributed by atoms with E-state index in [1.807, 2.05) is 25.3 Å². The summed E-state index contributed by atoms with van der Waals surface area (Å²) in [5.74, 6) is -0.332. The van der Waals surface area contributed by atoms with E-state index in [4.69, 9.17) is 4.42 Å². The fourth-order valence-corrected chi connectivity index (χ4v) is 3.62. The summed E-state index contributed by atoms with van der Waals surface area (Å²) < 4.78 is 7.17. The van der Waals surface area contributed by atoms with E-state index in [0.717, 1.165) is 29.2 Å². The second kappa shape index (κ2) is 8.71. The molecule has 2 amide bonds. The maximum absolute atomic E-state index is 12.1. The molecule has 0 aromatic carbocycles. The van der Waals surface area contributed by atoms with Gasteiger partial charge in [0.1, 0.15) is 0 Å². The highest BCUT2D eigenvalue weighted by Crippen LogP contribution is 2.30. The van der Waals surface area contributed by atoms with Crippen LogP contribution >= 0.6 is 11.3 Å². The molecule has 0 unspecified atom stereocenters.